The van der Waals surface area contributed by atoms with Crippen LogP contribution in [0.25, 0.3) is 33.4 Å². The van der Waals surface area contributed by atoms with Gasteiger partial charge in [0, 0.05) is 16.8 Å². The van der Waals surface area contributed by atoms with Crippen LogP contribution in [0.3, 0.4) is 0 Å². The van der Waals surface area contributed by atoms with Gasteiger partial charge in [0.15, 0.2) is 0 Å². The average Bonchev–Trinajstić information content (AvgIpc) is 3.46. The normalized spacial score (nSPS) is 16.4. The van der Waals surface area contributed by atoms with Crippen LogP contribution in [0.1, 0.15) is 145 Å². The highest BCUT2D eigenvalue weighted by molar-refractivity contribution is 5.88. The Kier molecular flexibility index (Phi) is 9.82. The van der Waals surface area contributed by atoms with Crippen LogP contribution in [-0.2, 0) is 29.1 Å². The van der Waals surface area contributed by atoms with E-state index in [0.29, 0.717) is 5.92 Å². The van der Waals surface area contributed by atoms with Gasteiger partial charge < -0.3 is 4.90 Å². The third-order valence-corrected chi connectivity index (χ3v) is 13.9. The second-order valence-electron chi connectivity index (χ2n) is 20.4. The number of aryl methyl sites for hydroxylation is 1. The lowest BCUT2D eigenvalue weighted by atomic mass is 9.79. The lowest BCUT2D eigenvalue weighted by Crippen LogP contribution is -2.18. The number of hydrogen-bond donors (Lipinski definition) is 0. The Morgan fingerprint density at radius 2 is 1.12 bits per heavy atom. The van der Waals surface area contributed by atoms with E-state index in [0.717, 1.165) is 12.8 Å². The minimum Gasteiger partial charge on any atom is -0.310 e. The van der Waals surface area contributed by atoms with Gasteiger partial charge in [0.1, 0.15) is 0 Å². The summed E-state index contributed by atoms with van der Waals surface area (Å²) in [6, 6.07) is 47.8. The predicted molar refractivity (Wildman–Crippen MR) is 249 cm³/mol. The molecule has 0 amide bonds. The molecule has 1 heteroatoms. The minimum atomic E-state index is -0.0721. The number of hydrogen-bond acceptors (Lipinski definition) is 1. The molecule has 6 aromatic rings. The summed E-state index contributed by atoms with van der Waals surface area (Å²) in [5.41, 5.74) is 22.0. The topological polar surface area (TPSA) is 3.24 Å². The molecule has 0 aliphatic heterocycles. The fraction of sp³-hybridized carbons (Fsp3) is 0.368. The standard InChI is InChI=1S/C57H63N/c1-55(2,3)45-33-44(34-46(36-45)56(4,5)6)41-21-16-20-40(31-41)43-32-42-19-12-13-22-49(42)54(35-43)58(47-27-25-39(26-28-47)38-17-10-9-11-18-38)48-29-30-51-50-23-14-15-24-52(50)57(7,8)53(51)37-48/h14-16,20-21,23-38H,9-13,17-19,22H2,1-8H3. The molecule has 0 aromatic heterocycles. The van der Waals surface area contributed by atoms with Gasteiger partial charge in [-0.05, 0) is 164 Å². The fourth-order valence-corrected chi connectivity index (χ4v) is 10.3. The second kappa shape index (κ2) is 14.7. The van der Waals surface area contributed by atoms with Crippen LogP contribution < -0.4 is 4.90 Å². The number of nitrogens with zero attached hydrogens (tertiary/aromatic N) is 1. The maximum Gasteiger partial charge on any atom is 0.0502 e. The molecule has 0 bridgehead atoms. The summed E-state index contributed by atoms with van der Waals surface area (Å²) in [4.78, 5) is 2.61. The Bertz CT molecular complexity index is 2440. The van der Waals surface area contributed by atoms with Gasteiger partial charge in [0.25, 0.3) is 0 Å². The van der Waals surface area contributed by atoms with E-state index in [1.807, 2.05) is 0 Å². The third-order valence-electron chi connectivity index (χ3n) is 13.9. The van der Waals surface area contributed by atoms with Crippen molar-refractivity contribution in [3.05, 3.63) is 160 Å². The van der Waals surface area contributed by atoms with Crippen LogP contribution >= 0.6 is 0 Å². The van der Waals surface area contributed by atoms with Gasteiger partial charge in [0.05, 0.1) is 5.69 Å². The van der Waals surface area contributed by atoms with Gasteiger partial charge >= 0.3 is 0 Å². The molecule has 1 nitrogen and oxygen atoms in total. The van der Waals surface area contributed by atoms with Gasteiger partial charge in [-0.2, -0.15) is 0 Å². The first-order chi connectivity index (χ1) is 27.8. The average molecular weight is 762 g/mol. The summed E-state index contributed by atoms with van der Waals surface area (Å²) in [7, 11) is 0. The van der Waals surface area contributed by atoms with Crippen LogP contribution in [0, 0.1) is 0 Å². The Morgan fingerprint density at radius 3 is 1.81 bits per heavy atom. The van der Waals surface area contributed by atoms with Crippen molar-refractivity contribution in [2.75, 3.05) is 4.90 Å². The van der Waals surface area contributed by atoms with E-state index in [1.165, 1.54) is 134 Å². The molecular formula is C57H63N. The van der Waals surface area contributed by atoms with Crippen molar-refractivity contribution in [2.45, 2.75) is 135 Å². The Morgan fingerprint density at radius 1 is 0.500 bits per heavy atom. The summed E-state index contributed by atoms with van der Waals surface area (Å²) < 4.78 is 0. The van der Waals surface area contributed by atoms with Crippen LogP contribution in [0.15, 0.2) is 121 Å². The third kappa shape index (κ3) is 7.14. The van der Waals surface area contributed by atoms with Crippen LogP contribution in [-0.4, -0.2) is 0 Å². The highest BCUT2D eigenvalue weighted by Crippen LogP contribution is 2.52. The molecule has 296 valence electrons. The molecule has 0 spiro atoms. The molecule has 6 aromatic carbocycles. The zero-order chi connectivity index (χ0) is 40.4. The lowest BCUT2D eigenvalue weighted by Gasteiger charge is -2.32. The van der Waals surface area contributed by atoms with Gasteiger partial charge in [-0.1, -0.05) is 160 Å². The molecule has 3 aliphatic rings. The lowest BCUT2D eigenvalue weighted by molar-refractivity contribution is 0.443. The molecule has 3 aliphatic carbocycles. The highest BCUT2D eigenvalue weighted by atomic mass is 15.1. The molecular weight excluding hydrogens is 699 g/mol. The summed E-state index contributed by atoms with van der Waals surface area (Å²) in [6.45, 7) is 18.8. The maximum atomic E-state index is 2.61. The van der Waals surface area contributed by atoms with Gasteiger partial charge in [-0.25, -0.2) is 0 Å². The quantitative estimate of drug-likeness (QED) is 0.163. The maximum absolute atomic E-state index is 2.61. The molecule has 0 heterocycles. The number of anilines is 3. The monoisotopic (exact) mass is 761 g/mol. The van der Waals surface area contributed by atoms with Crippen molar-refractivity contribution in [3.63, 3.8) is 0 Å². The summed E-state index contributed by atoms with van der Waals surface area (Å²) in [6.07, 6.45) is 11.4. The Hall–Kier alpha value is -4.88. The molecule has 0 atom stereocenters. The molecule has 0 N–H and O–H groups in total. The predicted octanol–water partition coefficient (Wildman–Crippen LogP) is 16.3. The summed E-state index contributed by atoms with van der Waals surface area (Å²) in [5, 5.41) is 0. The van der Waals surface area contributed by atoms with E-state index in [4.69, 9.17) is 0 Å². The Balaban J connectivity index is 1.20. The first-order valence-corrected chi connectivity index (χ1v) is 22.3. The minimum absolute atomic E-state index is 0.0641. The van der Waals surface area contributed by atoms with Crippen molar-refractivity contribution in [3.8, 4) is 33.4 Å². The van der Waals surface area contributed by atoms with E-state index < -0.39 is 0 Å². The van der Waals surface area contributed by atoms with Crippen molar-refractivity contribution in [2.24, 2.45) is 0 Å². The Labute approximate surface area is 349 Å². The zero-order valence-electron chi connectivity index (χ0n) is 36.4. The fourth-order valence-electron chi connectivity index (χ4n) is 10.3. The van der Waals surface area contributed by atoms with E-state index >= 15 is 0 Å². The molecule has 0 unspecified atom stereocenters. The summed E-state index contributed by atoms with van der Waals surface area (Å²) >= 11 is 0. The van der Waals surface area contributed by atoms with Gasteiger partial charge in [0.2, 0.25) is 0 Å². The molecule has 1 saturated carbocycles. The van der Waals surface area contributed by atoms with Crippen molar-refractivity contribution in [1.29, 1.82) is 0 Å². The van der Waals surface area contributed by atoms with E-state index in [9.17, 15) is 0 Å². The highest BCUT2D eigenvalue weighted by Gasteiger charge is 2.36. The number of benzene rings is 6. The zero-order valence-corrected chi connectivity index (χ0v) is 36.4. The SMILES string of the molecule is CC(C)(C)c1cc(-c2cccc(-c3cc4c(c(N(c5ccc(C6CCCCC6)cc5)c5ccc6c(c5)C(C)(C)c5ccccc5-6)c3)CCCC4)c2)cc(C(C)(C)C)c1. The number of rotatable bonds is 6. The first kappa shape index (κ1) is 38.6. The van der Waals surface area contributed by atoms with Gasteiger partial charge in [-0.15, -0.1) is 0 Å². The van der Waals surface area contributed by atoms with Crippen molar-refractivity contribution < 1.29 is 0 Å². The molecule has 9 rings (SSSR count). The molecule has 0 radical (unpaired) electrons. The second-order valence-corrected chi connectivity index (χ2v) is 20.4. The van der Waals surface area contributed by atoms with Crippen molar-refractivity contribution >= 4 is 17.1 Å². The van der Waals surface area contributed by atoms with E-state index in [-0.39, 0.29) is 16.2 Å². The van der Waals surface area contributed by atoms with Crippen molar-refractivity contribution in [1.82, 2.24) is 0 Å². The van der Waals surface area contributed by atoms with E-state index in [2.05, 4.69) is 182 Å². The molecule has 1 fully saturated rings. The van der Waals surface area contributed by atoms with E-state index in [1.54, 1.807) is 0 Å². The first-order valence-electron chi connectivity index (χ1n) is 22.3. The smallest absolute Gasteiger partial charge is 0.0502 e. The number of fused-ring (bicyclic) bond motifs is 4. The molecule has 0 saturated heterocycles. The summed E-state index contributed by atoms with van der Waals surface area (Å²) in [5.74, 6) is 0.683. The van der Waals surface area contributed by atoms with Crippen LogP contribution in [0.4, 0.5) is 17.1 Å². The van der Waals surface area contributed by atoms with Gasteiger partial charge in [-0.3, -0.25) is 0 Å². The molecule has 58 heavy (non-hydrogen) atoms. The van der Waals surface area contributed by atoms with Crippen LogP contribution in [0.5, 0.6) is 0 Å². The van der Waals surface area contributed by atoms with Crippen LogP contribution in [0.2, 0.25) is 0 Å². The largest absolute Gasteiger partial charge is 0.310 e.